The van der Waals surface area contributed by atoms with Gasteiger partial charge in [0, 0.05) is 12.8 Å². The number of carbonyl (C=O) groups excluding carboxylic acids is 2. The molecule has 0 fully saturated rings. The number of hydrogen-bond acceptors (Lipinski definition) is 4. The van der Waals surface area contributed by atoms with Gasteiger partial charge >= 0.3 is 11.9 Å². The van der Waals surface area contributed by atoms with E-state index in [4.69, 9.17) is 9.47 Å². The molecule has 0 aliphatic carbocycles. The van der Waals surface area contributed by atoms with Crippen molar-refractivity contribution in [2.45, 2.75) is 71.6 Å². The summed E-state index contributed by atoms with van der Waals surface area (Å²) in [5.74, 6) is 0.0240. The van der Waals surface area contributed by atoms with Crippen LogP contribution in [0.25, 0.3) is 0 Å². The van der Waals surface area contributed by atoms with Crippen LogP contribution in [0.4, 0.5) is 0 Å². The Morgan fingerprint density at radius 3 is 2.42 bits per heavy atom. The molecule has 0 spiro atoms. The minimum absolute atomic E-state index is 0.224. The molecular formula is C20H30O4. The summed E-state index contributed by atoms with van der Waals surface area (Å²) in [7, 11) is 0. The number of benzene rings is 1. The Labute approximate surface area is 145 Å². The van der Waals surface area contributed by atoms with Crippen molar-refractivity contribution >= 4 is 11.9 Å². The van der Waals surface area contributed by atoms with Crippen LogP contribution in [0.2, 0.25) is 0 Å². The highest BCUT2D eigenvalue weighted by atomic mass is 16.5. The van der Waals surface area contributed by atoms with Crippen LogP contribution in [0.5, 0.6) is 5.75 Å². The van der Waals surface area contributed by atoms with Crippen molar-refractivity contribution < 1.29 is 19.1 Å². The highest BCUT2D eigenvalue weighted by Gasteiger charge is 2.08. The SMILES string of the molecule is CCCCCCCOC(=O)CCCC(=O)Oc1cccc(CC)c1. The Bertz CT molecular complexity index is 496. The van der Waals surface area contributed by atoms with E-state index in [1.54, 1.807) is 6.07 Å². The third-order valence-corrected chi connectivity index (χ3v) is 3.81. The summed E-state index contributed by atoms with van der Waals surface area (Å²) in [6, 6.07) is 7.50. The first kappa shape index (κ1) is 20.2. The van der Waals surface area contributed by atoms with Gasteiger partial charge in [-0.1, -0.05) is 51.7 Å². The molecule has 0 aliphatic heterocycles. The Morgan fingerprint density at radius 1 is 0.917 bits per heavy atom. The quantitative estimate of drug-likeness (QED) is 0.312. The average molecular weight is 334 g/mol. The van der Waals surface area contributed by atoms with Crippen LogP contribution in [0, 0.1) is 0 Å². The van der Waals surface area contributed by atoms with Gasteiger partial charge in [-0.15, -0.1) is 0 Å². The lowest BCUT2D eigenvalue weighted by Crippen LogP contribution is -2.10. The summed E-state index contributed by atoms with van der Waals surface area (Å²) in [6.07, 6.45) is 7.50. The van der Waals surface area contributed by atoms with Gasteiger partial charge in [-0.05, 0) is 37.0 Å². The maximum atomic E-state index is 11.8. The van der Waals surface area contributed by atoms with E-state index >= 15 is 0 Å². The molecule has 134 valence electrons. The highest BCUT2D eigenvalue weighted by molar-refractivity contribution is 5.74. The molecule has 0 atom stereocenters. The summed E-state index contributed by atoms with van der Waals surface area (Å²) in [6.45, 7) is 4.71. The Balaban J connectivity index is 2.10. The van der Waals surface area contributed by atoms with Crippen molar-refractivity contribution in [1.82, 2.24) is 0 Å². The second-order valence-corrected chi connectivity index (χ2v) is 5.96. The van der Waals surface area contributed by atoms with Crippen molar-refractivity contribution in [3.8, 4) is 5.75 Å². The van der Waals surface area contributed by atoms with Crippen LogP contribution in [-0.4, -0.2) is 18.5 Å². The summed E-state index contributed by atoms with van der Waals surface area (Å²) in [4.78, 5) is 23.4. The largest absolute Gasteiger partial charge is 0.466 e. The smallest absolute Gasteiger partial charge is 0.311 e. The van der Waals surface area contributed by atoms with Crippen molar-refractivity contribution in [1.29, 1.82) is 0 Å². The topological polar surface area (TPSA) is 52.6 Å². The Kier molecular flexibility index (Phi) is 10.6. The van der Waals surface area contributed by atoms with E-state index in [1.165, 1.54) is 19.3 Å². The van der Waals surface area contributed by atoms with Crippen LogP contribution in [0.3, 0.4) is 0 Å². The number of aryl methyl sites for hydroxylation is 1. The van der Waals surface area contributed by atoms with Gasteiger partial charge in [0.25, 0.3) is 0 Å². The van der Waals surface area contributed by atoms with E-state index in [0.717, 1.165) is 24.8 Å². The van der Waals surface area contributed by atoms with E-state index in [-0.39, 0.29) is 24.8 Å². The van der Waals surface area contributed by atoms with Gasteiger partial charge in [-0.25, -0.2) is 0 Å². The van der Waals surface area contributed by atoms with E-state index in [2.05, 4.69) is 13.8 Å². The Hall–Kier alpha value is -1.84. The van der Waals surface area contributed by atoms with Crippen LogP contribution in [-0.2, 0) is 20.7 Å². The maximum absolute atomic E-state index is 11.8. The molecule has 0 aliphatic rings. The lowest BCUT2D eigenvalue weighted by atomic mass is 10.2. The molecule has 0 radical (unpaired) electrons. The number of carbonyl (C=O) groups is 2. The zero-order valence-corrected chi connectivity index (χ0v) is 15.0. The molecule has 1 aromatic rings. The fraction of sp³-hybridized carbons (Fsp3) is 0.600. The molecule has 0 saturated carbocycles. The van der Waals surface area contributed by atoms with E-state index in [0.29, 0.717) is 18.8 Å². The van der Waals surface area contributed by atoms with Gasteiger partial charge in [-0.3, -0.25) is 9.59 Å². The minimum atomic E-state index is -0.310. The lowest BCUT2D eigenvalue weighted by molar-refractivity contribution is -0.144. The number of rotatable bonds is 12. The molecule has 1 aromatic carbocycles. The van der Waals surface area contributed by atoms with Gasteiger partial charge in [-0.2, -0.15) is 0 Å². The monoisotopic (exact) mass is 334 g/mol. The lowest BCUT2D eigenvalue weighted by Gasteiger charge is -2.06. The number of unbranched alkanes of at least 4 members (excludes halogenated alkanes) is 4. The first-order valence-electron chi connectivity index (χ1n) is 9.11. The maximum Gasteiger partial charge on any atom is 0.311 e. The molecule has 0 saturated heterocycles. The fourth-order valence-corrected chi connectivity index (χ4v) is 2.35. The average Bonchev–Trinajstić information content (AvgIpc) is 2.58. The molecule has 0 amide bonds. The highest BCUT2D eigenvalue weighted by Crippen LogP contribution is 2.15. The fourth-order valence-electron chi connectivity index (χ4n) is 2.35. The summed E-state index contributed by atoms with van der Waals surface area (Å²) < 4.78 is 10.4. The summed E-state index contributed by atoms with van der Waals surface area (Å²) >= 11 is 0. The predicted molar refractivity (Wildman–Crippen MR) is 95.0 cm³/mol. The third-order valence-electron chi connectivity index (χ3n) is 3.81. The first-order valence-corrected chi connectivity index (χ1v) is 9.11. The van der Waals surface area contributed by atoms with Gasteiger partial charge < -0.3 is 9.47 Å². The predicted octanol–water partition coefficient (Wildman–Crippen LogP) is 4.84. The third kappa shape index (κ3) is 9.33. The second kappa shape index (κ2) is 12.6. The first-order chi connectivity index (χ1) is 11.7. The van der Waals surface area contributed by atoms with Gasteiger partial charge in [0.1, 0.15) is 5.75 Å². The zero-order chi connectivity index (χ0) is 17.6. The van der Waals surface area contributed by atoms with Crippen LogP contribution in [0.15, 0.2) is 24.3 Å². The molecule has 0 N–H and O–H groups in total. The van der Waals surface area contributed by atoms with Crippen LogP contribution >= 0.6 is 0 Å². The van der Waals surface area contributed by atoms with E-state index in [1.807, 2.05) is 18.2 Å². The summed E-state index contributed by atoms with van der Waals surface area (Å²) in [5.41, 5.74) is 1.13. The van der Waals surface area contributed by atoms with Gasteiger partial charge in [0.15, 0.2) is 0 Å². The molecule has 1 rings (SSSR count). The number of hydrogen-bond donors (Lipinski definition) is 0. The molecule has 24 heavy (non-hydrogen) atoms. The van der Waals surface area contributed by atoms with Crippen LogP contribution in [0.1, 0.15) is 70.8 Å². The molecule has 0 bridgehead atoms. The van der Waals surface area contributed by atoms with Crippen molar-refractivity contribution in [3.63, 3.8) is 0 Å². The van der Waals surface area contributed by atoms with Gasteiger partial charge in [0.2, 0.25) is 0 Å². The molecule has 0 heterocycles. The zero-order valence-electron chi connectivity index (χ0n) is 15.0. The molecular weight excluding hydrogens is 304 g/mol. The van der Waals surface area contributed by atoms with E-state index < -0.39 is 0 Å². The number of ether oxygens (including phenoxy) is 2. The minimum Gasteiger partial charge on any atom is -0.466 e. The second-order valence-electron chi connectivity index (χ2n) is 5.96. The Morgan fingerprint density at radius 2 is 1.67 bits per heavy atom. The van der Waals surface area contributed by atoms with Gasteiger partial charge in [0.05, 0.1) is 6.61 Å². The molecule has 4 heteroatoms. The van der Waals surface area contributed by atoms with Crippen molar-refractivity contribution in [2.75, 3.05) is 6.61 Å². The molecule has 0 unspecified atom stereocenters. The van der Waals surface area contributed by atoms with Crippen molar-refractivity contribution in [2.24, 2.45) is 0 Å². The van der Waals surface area contributed by atoms with Crippen LogP contribution < -0.4 is 4.74 Å². The van der Waals surface area contributed by atoms with E-state index in [9.17, 15) is 9.59 Å². The van der Waals surface area contributed by atoms with Crippen molar-refractivity contribution in [3.05, 3.63) is 29.8 Å². The standard InChI is InChI=1S/C20H30O4/c1-3-5-6-7-8-15-23-19(21)13-10-14-20(22)24-18-12-9-11-17(4-2)16-18/h9,11-12,16H,3-8,10,13-15H2,1-2H3. The molecule has 4 nitrogen and oxygen atoms in total. The number of esters is 2. The normalized spacial score (nSPS) is 10.4. The molecule has 0 aromatic heterocycles. The summed E-state index contributed by atoms with van der Waals surface area (Å²) in [5, 5.41) is 0.